The molecule has 0 unspecified atom stereocenters. The van der Waals surface area contributed by atoms with Crippen LogP contribution in [0.1, 0.15) is 5.69 Å². The summed E-state index contributed by atoms with van der Waals surface area (Å²) in [6, 6.07) is 3.73. The lowest BCUT2D eigenvalue weighted by molar-refractivity contribution is 0.0336. The summed E-state index contributed by atoms with van der Waals surface area (Å²) in [4.78, 5) is 6.60. The molecule has 2 heterocycles. The quantitative estimate of drug-likeness (QED) is 0.743. The molecule has 4 nitrogen and oxygen atoms in total. The lowest BCUT2D eigenvalue weighted by atomic mass is 10.3. The molecule has 0 spiro atoms. The zero-order valence-electron chi connectivity index (χ0n) is 8.15. The van der Waals surface area contributed by atoms with Gasteiger partial charge < -0.3 is 10.5 Å². The van der Waals surface area contributed by atoms with Gasteiger partial charge in [0.15, 0.2) is 0 Å². The van der Waals surface area contributed by atoms with Crippen molar-refractivity contribution in [3.05, 3.63) is 24.0 Å². The Balaban J connectivity index is 1.95. The van der Waals surface area contributed by atoms with Gasteiger partial charge in [0.25, 0.3) is 0 Å². The molecule has 1 saturated heterocycles. The summed E-state index contributed by atoms with van der Waals surface area (Å²) in [7, 11) is 0. The summed E-state index contributed by atoms with van der Waals surface area (Å²) in [5.74, 6) is 0. The number of hydrogen-bond donors (Lipinski definition) is 1. The zero-order valence-corrected chi connectivity index (χ0v) is 8.15. The number of nitrogen functional groups attached to an aromatic ring is 1. The van der Waals surface area contributed by atoms with Gasteiger partial charge in [0.1, 0.15) is 0 Å². The molecule has 4 heteroatoms. The van der Waals surface area contributed by atoms with Gasteiger partial charge in [-0.25, -0.2) is 0 Å². The van der Waals surface area contributed by atoms with E-state index in [1.54, 1.807) is 6.20 Å². The molecule has 0 atom stereocenters. The summed E-state index contributed by atoms with van der Waals surface area (Å²) in [5, 5.41) is 0. The van der Waals surface area contributed by atoms with E-state index < -0.39 is 0 Å². The first-order valence-corrected chi connectivity index (χ1v) is 4.85. The van der Waals surface area contributed by atoms with Crippen LogP contribution in [0.5, 0.6) is 0 Å². The Kier molecular flexibility index (Phi) is 2.96. The number of rotatable bonds is 2. The third kappa shape index (κ3) is 2.43. The summed E-state index contributed by atoms with van der Waals surface area (Å²) < 4.78 is 5.27. The lowest BCUT2D eigenvalue weighted by Gasteiger charge is -2.26. The van der Waals surface area contributed by atoms with E-state index in [1.807, 2.05) is 12.1 Å². The summed E-state index contributed by atoms with van der Waals surface area (Å²) in [6.45, 7) is 4.48. The Morgan fingerprint density at radius 3 is 2.93 bits per heavy atom. The number of anilines is 1. The van der Waals surface area contributed by atoms with Crippen molar-refractivity contribution in [2.24, 2.45) is 0 Å². The zero-order chi connectivity index (χ0) is 9.80. The maximum atomic E-state index is 5.68. The third-order valence-electron chi connectivity index (χ3n) is 2.33. The predicted octanol–water partition coefficient (Wildman–Crippen LogP) is 0.496. The van der Waals surface area contributed by atoms with E-state index in [2.05, 4.69) is 9.88 Å². The van der Waals surface area contributed by atoms with Crippen molar-refractivity contribution in [2.75, 3.05) is 32.0 Å². The molecular weight excluding hydrogens is 178 g/mol. The van der Waals surface area contributed by atoms with Gasteiger partial charge in [-0.15, -0.1) is 0 Å². The minimum atomic E-state index is 0.781. The van der Waals surface area contributed by atoms with Gasteiger partial charge in [-0.05, 0) is 12.1 Å². The molecule has 0 aromatic carbocycles. The van der Waals surface area contributed by atoms with Gasteiger partial charge in [-0.3, -0.25) is 9.88 Å². The van der Waals surface area contributed by atoms with Gasteiger partial charge in [0.2, 0.25) is 0 Å². The van der Waals surface area contributed by atoms with Gasteiger partial charge >= 0.3 is 0 Å². The van der Waals surface area contributed by atoms with Crippen molar-refractivity contribution < 1.29 is 4.74 Å². The van der Waals surface area contributed by atoms with E-state index in [4.69, 9.17) is 10.5 Å². The van der Waals surface area contributed by atoms with Gasteiger partial charge in [-0.1, -0.05) is 0 Å². The topological polar surface area (TPSA) is 51.4 Å². The van der Waals surface area contributed by atoms with E-state index in [1.165, 1.54) is 0 Å². The molecule has 1 aromatic rings. The highest BCUT2D eigenvalue weighted by Crippen LogP contribution is 2.07. The fourth-order valence-corrected chi connectivity index (χ4v) is 1.57. The van der Waals surface area contributed by atoms with Crippen LogP contribution in [0.2, 0.25) is 0 Å². The molecule has 76 valence electrons. The lowest BCUT2D eigenvalue weighted by Crippen LogP contribution is -2.35. The maximum Gasteiger partial charge on any atom is 0.0594 e. The van der Waals surface area contributed by atoms with E-state index in [0.717, 1.165) is 44.2 Å². The number of aromatic nitrogens is 1. The first-order chi connectivity index (χ1) is 6.84. The van der Waals surface area contributed by atoms with Gasteiger partial charge in [-0.2, -0.15) is 0 Å². The Labute approximate surface area is 83.7 Å². The average Bonchev–Trinajstić information content (AvgIpc) is 2.19. The number of morpholine rings is 1. The Morgan fingerprint density at radius 2 is 2.21 bits per heavy atom. The smallest absolute Gasteiger partial charge is 0.0594 e. The van der Waals surface area contributed by atoms with Crippen LogP contribution < -0.4 is 5.73 Å². The van der Waals surface area contributed by atoms with Crippen molar-refractivity contribution in [1.82, 2.24) is 9.88 Å². The molecule has 1 aromatic heterocycles. The van der Waals surface area contributed by atoms with Crippen molar-refractivity contribution in [1.29, 1.82) is 0 Å². The second-order valence-corrected chi connectivity index (χ2v) is 3.47. The molecular formula is C10H15N3O. The van der Waals surface area contributed by atoms with Crippen LogP contribution in [0.25, 0.3) is 0 Å². The highest BCUT2D eigenvalue weighted by atomic mass is 16.5. The molecule has 1 aliphatic rings. The van der Waals surface area contributed by atoms with E-state index in [-0.39, 0.29) is 0 Å². The highest BCUT2D eigenvalue weighted by Gasteiger charge is 2.10. The third-order valence-corrected chi connectivity index (χ3v) is 2.33. The minimum Gasteiger partial charge on any atom is -0.399 e. The highest BCUT2D eigenvalue weighted by molar-refractivity contribution is 5.37. The van der Waals surface area contributed by atoms with E-state index in [0.29, 0.717) is 0 Å². The van der Waals surface area contributed by atoms with Crippen LogP contribution >= 0.6 is 0 Å². The predicted molar refractivity (Wildman–Crippen MR) is 54.7 cm³/mol. The van der Waals surface area contributed by atoms with Gasteiger partial charge in [0.05, 0.1) is 18.9 Å². The first-order valence-electron chi connectivity index (χ1n) is 4.85. The van der Waals surface area contributed by atoms with Crippen molar-refractivity contribution in [2.45, 2.75) is 6.54 Å². The number of nitrogens with zero attached hydrogens (tertiary/aromatic N) is 2. The van der Waals surface area contributed by atoms with Crippen LogP contribution in [0.4, 0.5) is 5.69 Å². The monoisotopic (exact) mass is 193 g/mol. The van der Waals surface area contributed by atoms with Crippen LogP contribution in [-0.4, -0.2) is 36.2 Å². The Hall–Kier alpha value is -1.13. The molecule has 0 amide bonds. The maximum absolute atomic E-state index is 5.68. The van der Waals surface area contributed by atoms with E-state index >= 15 is 0 Å². The standard InChI is InChI=1S/C10H15N3O/c11-9-1-2-12-10(7-9)8-13-3-5-14-6-4-13/h1-2,7H,3-6,8H2,(H2,11,12). The molecule has 2 rings (SSSR count). The second kappa shape index (κ2) is 4.39. The van der Waals surface area contributed by atoms with Crippen LogP contribution in [0, 0.1) is 0 Å². The molecule has 1 fully saturated rings. The van der Waals surface area contributed by atoms with Crippen LogP contribution in [-0.2, 0) is 11.3 Å². The van der Waals surface area contributed by atoms with Crippen LogP contribution in [0.3, 0.4) is 0 Å². The second-order valence-electron chi connectivity index (χ2n) is 3.47. The summed E-state index contributed by atoms with van der Waals surface area (Å²) in [5.41, 5.74) is 7.50. The molecule has 14 heavy (non-hydrogen) atoms. The van der Waals surface area contributed by atoms with Crippen molar-refractivity contribution in [3.8, 4) is 0 Å². The molecule has 1 aliphatic heterocycles. The minimum absolute atomic E-state index is 0.781. The number of pyridine rings is 1. The number of ether oxygens (including phenoxy) is 1. The summed E-state index contributed by atoms with van der Waals surface area (Å²) >= 11 is 0. The largest absolute Gasteiger partial charge is 0.399 e. The SMILES string of the molecule is Nc1ccnc(CN2CCOCC2)c1. The number of hydrogen-bond acceptors (Lipinski definition) is 4. The van der Waals surface area contributed by atoms with E-state index in [9.17, 15) is 0 Å². The van der Waals surface area contributed by atoms with Gasteiger partial charge in [0, 0.05) is 31.5 Å². The van der Waals surface area contributed by atoms with Crippen molar-refractivity contribution in [3.63, 3.8) is 0 Å². The first kappa shape index (κ1) is 9.43. The molecule has 2 N–H and O–H groups in total. The summed E-state index contributed by atoms with van der Waals surface area (Å²) in [6.07, 6.45) is 1.76. The number of nitrogens with two attached hydrogens (primary N) is 1. The molecule has 0 radical (unpaired) electrons. The molecule has 0 saturated carbocycles. The molecule has 0 aliphatic carbocycles. The fourth-order valence-electron chi connectivity index (χ4n) is 1.57. The average molecular weight is 193 g/mol. The Bertz CT molecular complexity index is 297. The van der Waals surface area contributed by atoms with Crippen LogP contribution in [0.15, 0.2) is 18.3 Å². The molecule has 0 bridgehead atoms. The normalized spacial score (nSPS) is 18.3. The Morgan fingerprint density at radius 1 is 1.43 bits per heavy atom. The fraction of sp³-hybridized carbons (Fsp3) is 0.500. The van der Waals surface area contributed by atoms with Crippen molar-refractivity contribution >= 4 is 5.69 Å².